The zero-order chi connectivity index (χ0) is 13.9. The SMILES string of the molecule is CN1CCC(C)(CNCc2ccc(Cl)cc2Br)CC1. The number of likely N-dealkylation sites (tertiary alicyclic amines) is 1. The third kappa shape index (κ3) is 4.45. The van der Waals surface area contributed by atoms with Crippen molar-refractivity contribution in [3.8, 4) is 0 Å². The highest BCUT2D eigenvalue weighted by Gasteiger charge is 2.28. The van der Waals surface area contributed by atoms with Gasteiger partial charge in [-0.15, -0.1) is 0 Å². The van der Waals surface area contributed by atoms with E-state index in [1.807, 2.05) is 12.1 Å². The first-order chi connectivity index (χ1) is 8.98. The van der Waals surface area contributed by atoms with E-state index in [1.54, 1.807) is 0 Å². The smallest absolute Gasteiger partial charge is 0.0417 e. The minimum absolute atomic E-state index is 0.436. The van der Waals surface area contributed by atoms with E-state index < -0.39 is 0 Å². The first kappa shape index (κ1) is 15.3. The van der Waals surface area contributed by atoms with Crippen LogP contribution in [0.5, 0.6) is 0 Å². The molecule has 1 saturated heterocycles. The lowest BCUT2D eigenvalue weighted by Gasteiger charge is -2.38. The Balaban J connectivity index is 1.83. The van der Waals surface area contributed by atoms with E-state index in [2.05, 4.69) is 46.2 Å². The molecule has 19 heavy (non-hydrogen) atoms. The van der Waals surface area contributed by atoms with E-state index in [0.29, 0.717) is 5.41 Å². The van der Waals surface area contributed by atoms with Gasteiger partial charge in [0.15, 0.2) is 0 Å². The molecule has 1 aromatic carbocycles. The maximum atomic E-state index is 5.95. The molecule has 1 aliphatic heterocycles. The monoisotopic (exact) mass is 344 g/mol. The molecule has 0 aliphatic carbocycles. The fourth-order valence-corrected chi connectivity index (χ4v) is 3.32. The molecule has 0 aromatic heterocycles. The Morgan fingerprint density at radius 3 is 2.68 bits per heavy atom. The number of piperidine rings is 1. The number of benzene rings is 1. The van der Waals surface area contributed by atoms with Crippen LogP contribution >= 0.6 is 27.5 Å². The van der Waals surface area contributed by atoms with Gasteiger partial charge in [-0.1, -0.05) is 40.5 Å². The molecular formula is C15H22BrClN2. The molecule has 106 valence electrons. The van der Waals surface area contributed by atoms with Crippen molar-refractivity contribution >= 4 is 27.5 Å². The minimum Gasteiger partial charge on any atom is -0.312 e. The van der Waals surface area contributed by atoms with Crippen LogP contribution in [0.1, 0.15) is 25.3 Å². The van der Waals surface area contributed by atoms with E-state index in [4.69, 9.17) is 11.6 Å². The van der Waals surface area contributed by atoms with Crippen molar-refractivity contribution in [3.05, 3.63) is 33.3 Å². The molecular weight excluding hydrogens is 324 g/mol. The number of nitrogens with zero attached hydrogens (tertiary/aromatic N) is 1. The molecule has 1 aromatic rings. The molecule has 0 spiro atoms. The summed E-state index contributed by atoms with van der Waals surface area (Å²) in [5.74, 6) is 0. The fraction of sp³-hybridized carbons (Fsp3) is 0.600. The van der Waals surface area contributed by atoms with Gasteiger partial charge in [-0.25, -0.2) is 0 Å². The Hall–Kier alpha value is -0.0900. The summed E-state index contributed by atoms with van der Waals surface area (Å²) in [6.07, 6.45) is 2.55. The lowest BCUT2D eigenvalue weighted by atomic mass is 9.80. The number of nitrogens with one attached hydrogen (secondary N) is 1. The van der Waals surface area contributed by atoms with Gasteiger partial charge in [0.2, 0.25) is 0 Å². The average Bonchev–Trinajstić information content (AvgIpc) is 2.36. The second kappa shape index (κ2) is 6.57. The van der Waals surface area contributed by atoms with Crippen molar-refractivity contribution in [1.29, 1.82) is 0 Å². The Morgan fingerprint density at radius 1 is 1.37 bits per heavy atom. The van der Waals surface area contributed by atoms with E-state index in [9.17, 15) is 0 Å². The van der Waals surface area contributed by atoms with E-state index in [0.717, 1.165) is 22.6 Å². The predicted molar refractivity (Wildman–Crippen MR) is 85.7 cm³/mol. The maximum absolute atomic E-state index is 5.95. The summed E-state index contributed by atoms with van der Waals surface area (Å²) in [6, 6.07) is 5.98. The first-order valence-corrected chi connectivity index (χ1v) is 7.99. The standard InChI is InChI=1S/C15H22BrClN2/c1-15(5-7-19(2)8-6-15)11-18-10-12-3-4-13(17)9-14(12)16/h3-4,9,18H,5-8,10-11H2,1-2H3. The Labute approximate surface area is 129 Å². The molecule has 0 bridgehead atoms. The summed E-state index contributed by atoms with van der Waals surface area (Å²) < 4.78 is 1.08. The molecule has 0 saturated carbocycles. The summed E-state index contributed by atoms with van der Waals surface area (Å²) >= 11 is 9.52. The van der Waals surface area contributed by atoms with Gasteiger partial charge in [0.05, 0.1) is 0 Å². The van der Waals surface area contributed by atoms with Crippen molar-refractivity contribution in [2.24, 2.45) is 5.41 Å². The molecule has 2 nitrogen and oxygen atoms in total. The van der Waals surface area contributed by atoms with Crippen molar-refractivity contribution in [2.45, 2.75) is 26.3 Å². The van der Waals surface area contributed by atoms with E-state index in [1.165, 1.54) is 31.5 Å². The zero-order valence-corrected chi connectivity index (χ0v) is 14.0. The van der Waals surface area contributed by atoms with E-state index in [-0.39, 0.29) is 0 Å². The summed E-state index contributed by atoms with van der Waals surface area (Å²) in [4.78, 5) is 2.41. The van der Waals surface area contributed by atoms with Crippen LogP contribution in [-0.2, 0) is 6.54 Å². The van der Waals surface area contributed by atoms with Gasteiger partial charge in [0.1, 0.15) is 0 Å². The number of hydrogen-bond acceptors (Lipinski definition) is 2. The summed E-state index contributed by atoms with van der Waals surface area (Å²) in [5, 5.41) is 4.37. The topological polar surface area (TPSA) is 15.3 Å². The highest BCUT2D eigenvalue weighted by molar-refractivity contribution is 9.10. The Morgan fingerprint density at radius 2 is 2.05 bits per heavy atom. The molecule has 2 rings (SSSR count). The molecule has 0 amide bonds. The second-order valence-electron chi connectivity index (χ2n) is 5.95. The van der Waals surface area contributed by atoms with Gasteiger partial charge in [0, 0.05) is 22.6 Å². The van der Waals surface area contributed by atoms with Crippen molar-refractivity contribution in [1.82, 2.24) is 10.2 Å². The number of rotatable bonds is 4. The second-order valence-corrected chi connectivity index (χ2v) is 7.24. The predicted octanol–water partition coefficient (Wildman–Crippen LogP) is 3.92. The fourth-order valence-electron chi connectivity index (χ4n) is 2.50. The van der Waals surface area contributed by atoms with Crippen LogP contribution in [0.2, 0.25) is 5.02 Å². The average molecular weight is 346 g/mol. The molecule has 4 heteroatoms. The maximum Gasteiger partial charge on any atom is 0.0417 e. The van der Waals surface area contributed by atoms with Gasteiger partial charge in [-0.05, 0) is 56.1 Å². The van der Waals surface area contributed by atoms with Crippen molar-refractivity contribution in [3.63, 3.8) is 0 Å². The van der Waals surface area contributed by atoms with Crippen LogP contribution < -0.4 is 5.32 Å². The third-order valence-corrected chi connectivity index (χ3v) is 5.05. The molecule has 0 radical (unpaired) electrons. The largest absolute Gasteiger partial charge is 0.312 e. The Bertz CT molecular complexity index is 428. The van der Waals surface area contributed by atoms with E-state index >= 15 is 0 Å². The van der Waals surface area contributed by atoms with Gasteiger partial charge >= 0.3 is 0 Å². The molecule has 1 aliphatic rings. The van der Waals surface area contributed by atoms with Crippen LogP contribution in [0.3, 0.4) is 0 Å². The zero-order valence-electron chi connectivity index (χ0n) is 11.7. The quantitative estimate of drug-likeness (QED) is 0.889. The van der Waals surface area contributed by atoms with Crippen molar-refractivity contribution in [2.75, 3.05) is 26.7 Å². The Kier molecular flexibility index (Phi) is 5.29. The minimum atomic E-state index is 0.436. The van der Waals surface area contributed by atoms with Crippen LogP contribution in [-0.4, -0.2) is 31.6 Å². The lowest BCUT2D eigenvalue weighted by Crippen LogP contribution is -2.41. The molecule has 1 heterocycles. The van der Waals surface area contributed by atoms with Crippen LogP contribution in [0.25, 0.3) is 0 Å². The third-order valence-electron chi connectivity index (χ3n) is 4.08. The summed E-state index contributed by atoms with van der Waals surface area (Å²) in [5.41, 5.74) is 1.70. The molecule has 0 unspecified atom stereocenters. The molecule has 1 N–H and O–H groups in total. The van der Waals surface area contributed by atoms with Crippen LogP contribution in [0, 0.1) is 5.41 Å². The summed E-state index contributed by atoms with van der Waals surface area (Å²) in [6.45, 7) is 6.79. The van der Waals surface area contributed by atoms with Gasteiger partial charge in [-0.2, -0.15) is 0 Å². The summed E-state index contributed by atoms with van der Waals surface area (Å²) in [7, 11) is 2.21. The van der Waals surface area contributed by atoms with Crippen molar-refractivity contribution < 1.29 is 0 Å². The van der Waals surface area contributed by atoms with Crippen LogP contribution in [0.15, 0.2) is 22.7 Å². The highest BCUT2D eigenvalue weighted by Crippen LogP contribution is 2.29. The molecule has 1 fully saturated rings. The molecule has 0 atom stereocenters. The lowest BCUT2D eigenvalue weighted by molar-refractivity contribution is 0.137. The number of hydrogen-bond donors (Lipinski definition) is 1. The van der Waals surface area contributed by atoms with Gasteiger partial charge < -0.3 is 10.2 Å². The normalized spacial score (nSPS) is 19.6. The van der Waals surface area contributed by atoms with Crippen LogP contribution in [0.4, 0.5) is 0 Å². The number of halogens is 2. The highest BCUT2D eigenvalue weighted by atomic mass is 79.9. The van der Waals surface area contributed by atoms with Gasteiger partial charge in [0.25, 0.3) is 0 Å². The van der Waals surface area contributed by atoms with Gasteiger partial charge in [-0.3, -0.25) is 0 Å². The first-order valence-electron chi connectivity index (χ1n) is 6.82.